The molecule has 10 nitrogen and oxygen atoms in total. The minimum absolute atomic E-state index is 0.0143. The van der Waals surface area contributed by atoms with Crippen molar-refractivity contribution in [2.75, 3.05) is 31.2 Å². The number of ether oxygens (including phenoxy) is 1. The number of piperidine rings is 1. The van der Waals surface area contributed by atoms with Crippen LogP contribution in [0.1, 0.15) is 25.7 Å². The number of hydrogen-bond acceptors (Lipinski definition) is 8. The van der Waals surface area contributed by atoms with Crippen LogP contribution in [0.2, 0.25) is 0 Å². The summed E-state index contributed by atoms with van der Waals surface area (Å²) in [5, 5.41) is 12.0. The quantitative estimate of drug-likeness (QED) is 0.653. The van der Waals surface area contributed by atoms with Crippen molar-refractivity contribution in [1.29, 1.82) is 0 Å². The number of anilines is 1. The molecule has 0 spiro atoms. The van der Waals surface area contributed by atoms with Gasteiger partial charge in [-0.05, 0) is 43.0 Å². The van der Waals surface area contributed by atoms with E-state index in [1.165, 1.54) is 4.80 Å². The van der Waals surface area contributed by atoms with E-state index in [-0.39, 0.29) is 24.5 Å². The lowest BCUT2D eigenvalue weighted by molar-refractivity contribution is -0.136. The van der Waals surface area contributed by atoms with Crippen LogP contribution in [0.5, 0.6) is 0 Å². The van der Waals surface area contributed by atoms with E-state index in [4.69, 9.17) is 4.74 Å². The minimum atomic E-state index is -3.40. The lowest BCUT2D eigenvalue weighted by Gasteiger charge is -2.38. The van der Waals surface area contributed by atoms with Crippen molar-refractivity contribution in [3.8, 4) is 0 Å². The molecule has 3 saturated heterocycles. The van der Waals surface area contributed by atoms with E-state index >= 15 is 0 Å². The number of carbonyl (C=O) groups excluding carboxylic acids is 1. The van der Waals surface area contributed by atoms with Crippen molar-refractivity contribution >= 4 is 21.7 Å². The molecule has 2 aromatic rings. The van der Waals surface area contributed by atoms with Crippen LogP contribution >= 0.6 is 0 Å². The van der Waals surface area contributed by atoms with Crippen LogP contribution in [-0.4, -0.2) is 83.1 Å². The SMILES string of the molecule is O=C(Cn1nnc(N2CCOCC2)n1)N1C2CCC1CC(S(=O)(=O)c1ccccc1)C2. The molecule has 1 aromatic heterocycles. The summed E-state index contributed by atoms with van der Waals surface area (Å²) in [5.41, 5.74) is 0. The number of aromatic nitrogens is 4. The van der Waals surface area contributed by atoms with E-state index in [1.54, 1.807) is 24.3 Å². The maximum Gasteiger partial charge on any atom is 0.266 e. The Morgan fingerprint density at radius 2 is 1.74 bits per heavy atom. The molecule has 0 aliphatic carbocycles. The van der Waals surface area contributed by atoms with E-state index in [0.29, 0.717) is 50.0 Å². The average Bonchev–Trinajstić information content (AvgIpc) is 3.36. The van der Waals surface area contributed by atoms with Crippen molar-refractivity contribution in [1.82, 2.24) is 25.1 Å². The summed E-state index contributed by atoms with van der Waals surface area (Å²) in [5.74, 6) is 0.431. The van der Waals surface area contributed by atoms with E-state index in [1.807, 2.05) is 15.9 Å². The Labute approximate surface area is 181 Å². The molecule has 166 valence electrons. The number of sulfone groups is 1. The molecule has 3 aliphatic heterocycles. The highest BCUT2D eigenvalue weighted by Gasteiger charge is 2.47. The van der Waals surface area contributed by atoms with Gasteiger partial charge in [0.2, 0.25) is 5.91 Å². The summed E-state index contributed by atoms with van der Waals surface area (Å²) in [6.07, 6.45) is 2.62. The third kappa shape index (κ3) is 3.91. The zero-order valence-corrected chi connectivity index (χ0v) is 18.0. The van der Waals surface area contributed by atoms with Gasteiger partial charge >= 0.3 is 0 Å². The maximum atomic E-state index is 13.1. The van der Waals surface area contributed by atoms with Crippen molar-refractivity contribution < 1.29 is 17.9 Å². The van der Waals surface area contributed by atoms with Gasteiger partial charge in [-0.15, -0.1) is 5.10 Å². The summed E-state index contributed by atoms with van der Waals surface area (Å²) >= 11 is 0. The number of amides is 1. The van der Waals surface area contributed by atoms with Gasteiger partial charge in [0, 0.05) is 25.2 Å². The molecule has 3 fully saturated rings. The number of morpholine rings is 1. The molecule has 0 saturated carbocycles. The summed E-state index contributed by atoms with van der Waals surface area (Å²) < 4.78 is 31.5. The summed E-state index contributed by atoms with van der Waals surface area (Å²) in [6, 6.07) is 8.49. The number of nitrogens with zero attached hydrogens (tertiary/aromatic N) is 6. The first-order valence-corrected chi connectivity index (χ1v) is 12.3. The van der Waals surface area contributed by atoms with Gasteiger partial charge in [-0.25, -0.2) is 8.42 Å². The zero-order valence-electron chi connectivity index (χ0n) is 17.2. The Kier molecular flexibility index (Phi) is 5.39. The Bertz CT molecular complexity index is 1020. The lowest BCUT2D eigenvalue weighted by Crippen LogP contribution is -2.50. The van der Waals surface area contributed by atoms with Crippen molar-refractivity contribution in [2.45, 2.75) is 54.5 Å². The van der Waals surface area contributed by atoms with Gasteiger partial charge in [0.15, 0.2) is 9.84 Å². The van der Waals surface area contributed by atoms with Gasteiger partial charge in [-0.3, -0.25) is 4.79 Å². The van der Waals surface area contributed by atoms with Crippen molar-refractivity contribution in [3.05, 3.63) is 30.3 Å². The molecular weight excluding hydrogens is 420 g/mol. The number of tetrazole rings is 1. The molecule has 1 amide bonds. The number of fused-ring (bicyclic) bond motifs is 2. The summed E-state index contributed by atoms with van der Waals surface area (Å²) in [4.78, 5) is 18.6. The lowest BCUT2D eigenvalue weighted by atomic mass is 10.0. The van der Waals surface area contributed by atoms with Gasteiger partial charge in [-0.1, -0.05) is 23.3 Å². The van der Waals surface area contributed by atoms with Gasteiger partial charge < -0.3 is 14.5 Å². The average molecular weight is 447 g/mol. The van der Waals surface area contributed by atoms with Crippen molar-refractivity contribution in [3.63, 3.8) is 0 Å². The van der Waals surface area contributed by atoms with Gasteiger partial charge in [0.1, 0.15) is 6.54 Å². The number of hydrogen-bond donors (Lipinski definition) is 0. The Balaban J connectivity index is 1.25. The predicted molar refractivity (Wildman–Crippen MR) is 111 cm³/mol. The zero-order chi connectivity index (χ0) is 21.4. The topological polar surface area (TPSA) is 111 Å². The van der Waals surface area contributed by atoms with Crippen molar-refractivity contribution in [2.24, 2.45) is 0 Å². The smallest absolute Gasteiger partial charge is 0.266 e. The van der Waals surface area contributed by atoms with E-state index < -0.39 is 15.1 Å². The second-order valence-corrected chi connectivity index (χ2v) is 10.6. The van der Waals surface area contributed by atoms with Gasteiger partial charge in [-0.2, -0.15) is 4.80 Å². The van der Waals surface area contributed by atoms with Crippen LogP contribution in [0, 0.1) is 0 Å². The molecule has 1 aromatic carbocycles. The van der Waals surface area contributed by atoms with E-state index in [9.17, 15) is 13.2 Å². The highest BCUT2D eigenvalue weighted by molar-refractivity contribution is 7.92. The molecular formula is C20H26N6O4S. The Morgan fingerprint density at radius 3 is 2.42 bits per heavy atom. The fourth-order valence-electron chi connectivity index (χ4n) is 4.98. The molecule has 2 unspecified atom stereocenters. The standard InChI is InChI=1S/C20H26N6O4S/c27-19(14-25-22-20(21-23-25)24-8-10-30-11-9-24)26-15-6-7-16(26)13-18(12-15)31(28,29)17-4-2-1-3-5-17/h1-5,15-16,18H,6-14H2. The highest BCUT2D eigenvalue weighted by Crippen LogP contribution is 2.40. The number of carbonyl (C=O) groups is 1. The van der Waals surface area contributed by atoms with E-state index in [2.05, 4.69) is 15.4 Å². The van der Waals surface area contributed by atoms with E-state index in [0.717, 1.165) is 12.8 Å². The maximum absolute atomic E-state index is 13.1. The Morgan fingerprint density at radius 1 is 1.06 bits per heavy atom. The van der Waals surface area contributed by atoms with Gasteiger partial charge in [0.25, 0.3) is 5.95 Å². The summed E-state index contributed by atoms with van der Waals surface area (Å²) in [6.45, 7) is 2.66. The third-order valence-electron chi connectivity index (χ3n) is 6.50. The molecule has 5 rings (SSSR count). The fraction of sp³-hybridized carbons (Fsp3) is 0.600. The summed E-state index contributed by atoms with van der Waals surface area (Å²) in [7, 11) is -3.40. The monoisotopic (exact) mass is 446 g/mol. The van der Waals surface area contributed by atoms with Crippen LogP contribution in [-0.2, 0) is 25.9 Å². The molecule has 2 bridgehead atoms. The first kappa shape index (κ1) is 20.4. The largest absolute Gasteiger partial charge is 0.378 e. The molecule has 0 N–H and O–H groups in total. The second-order valence-electron chi connectivity index (χ2n) is 8.36. The molecule has 31 heavy (non-hydrogen) atoms. The minimum Gasteiger partial charge on any atom is -0.378 e. The predicted octanol–water partition coefficient (Wildman–Crippen LogP) is 0.506. The molecule has 0 radical (unpaired) electrons. The molecule has 4 heterocycles. The molecule has 2 atom stereocenters. The van der Waals surface area contributed by atoms with Crippen LogP contribution in [0.3, 0.4) is 0 Å². The van der Waals surface area contributed by atoms with Crippen LogP contribution in [0.25, 0.3) is 0 Å². The normalized spacial score (nSPS) is 26.3. The first-order valence-electron chi connectivity index (χ1n) is 10.7. The number of rotatable bonds is 5. The van der Waals surface area contributed by atoms with Crippen LogP contribution < -0.4 is 4.90 Å². The first-order chi connectivity index (χ1) is 15.0. The second kappa shape index (κ2) is 8.19. The van der Waals surface area contributed by atoms with Gasteiger partial charge in [0.05, 0.1) is 23.4 Å². The highest BCUT2D eigenvalue weighted by atomic mass is 32.2. The van der Waals surface area contributed by atoms with Crippen LogP contribution in [0.15, 0.2) is 35.2 Å². The Hall–Kier alpha value is -2.53. The van der Waals surface area contributed by atoms with Crippen LogP contribution in [0.4, 0.5) is 5.95 Å². The molecule has 11 heteroatoms. The fourth-order valence-corrected chi connectivity index (χ4v) is 6.86. The molecule has 3 aliphatic rings. The number of benzene rings is 1. The third-order valence-corrected chi connectivity index (χ3v) is 8.69.